The van der Waals surface area contributed by atoms with Gasteiger partial charge in [-0.1, -0.05) is 147 Å². The lowest BCUT2D eigenvalue weighted by Crippen LogP contribution is -2.54. The SMILES string of the molecule is CC1(C)c2ccccc2-c2cccc(C3NC(c4ccccc4)NC(c4c5ccccc5cc5c4ccc4ccccc45)N3)c21. The second-order valence-electron chi connectivity index (χ2n) is 13.0. The van der Waals surface area contributed by atoms with Crippen molar-refractivity contribution in [1.29, 1.82) is 0 Å². The molecule has 218 valence electrons. The van der Waals surface area contributed by atoms with Crippen molar-refractivity contribution in [2.45, 2.75) is 37.8 Å². The van der Waals surface area contributed by atoms with E-state index in [1.807, 2.05) is 0 Å². The van der Waals surface area contributed by atoms with E-state index in [2.05, 4.69) is 169 Å². The van der Waals surface area contributed by atoms with Gasteiger partial charge in [-0.15, -0.1) is 0 Å². The summed E-state index contributed by atoms with van der Waals surface area (Å²) in [5.41, 5.74) is 9.18. The van der Waals surface area contributed by atoms with Gasteiger partial charge in [-0.05, 0) is 77.3 Å². The minimum Gasteiger partial charge on any atom is -0.279 e. The average molecular weight is 582 g/mol. The number of hydrogen-bond acceptors (Lipinski definition) is 3. The molecule has 7 aromatic carbocycles. The van der Waals surface area contributed by atoms with Crippen molar-refractivity contribution in [3.8, 4) is 11.1 Å². The molecule has 1 fully saturated rings. The van der Waals surface area contributed by atoms with E-state index >= 15 is 0 Å². The van der Waals surface area contributed by atoms with Gasteiger partial charge in [0.05, 0.1) is 18.5 Å². The van der Waals surface area contributed by atoms with Crippen molar-refractivity contribution >= 4 is 32.3 Å². The third kappa shape index (κ3) is 4.09. The monoisotopic (exact) mass is 581 g/mol. The summed E-state index contributed by atoms with van der Waals surface area (Å²) in [5, 5.41) is 19.7. The minimum absolute atomic E-state index is 0.0559. The van der Waals surface area contributed by atoms with E-state index in [0.29, 0.717) is 0 Å². The van der Waals surface area contributed by atoms with Gasteiger partial charge in [0, 0.05) is 5.41 Å². The molecular formula is C42H35N3. The lowest BCUT2D eigenvalue weighted by molar-refractivity contribution is 0.204. The first-order chi connectivity index (χ1) is 22.1. The Hall–Kier alpha value is -4.80. The Labute approximate surface area is 263 Å². The number of fused-ring (bicyclic) bond motifs is 7. The molecule has 3 nitrogen and oxygen atoms in total. The van der Waals surface area contributed by atoms with E-state index in [-0.39, 0.29) is 23.9 Å². The van der Waals surface area contributed by atoms with E-state index in [4.69, 9.17) is 0 Å². The first-order valence-electron chi connectivity index (χ1n) is 16.0. The van der Waals surface area contributed by atoms with Gasteiger partial charge in [0.1, 0.15) is 0 Å². The predicted molar refractivity (Wildman–Crippen MR) is 187 cm³/mol. The summed E-state index contributed by atoms with van der Waals surface area (Å²) >= 11 is 0. The summed E-state index contributed by atoms with van der Waals surface area (Å²) in [5.74, 6) is 0. The maximum atomic E-state index is 4.09. The Morgan fingerprint density at radius 3 is 2.00 bits per heavy atom. The van der Waals surface area contributed by atoms with Crippen LogP contribution in [0.25, 0.3) is 43.4 Å². The Morgan fingerprint density at radius 1 is 0.467 bits per heavy atom. The second kappa shape index (κ2) is 10.1. The Bertz CT molecular complexity index is 2250. The van der Waals surface area contributed by atoms with Gasteiger partial charge in [0.2, 0.25) is 0 Å². The average Bonchev–Trinajstić information content (AvgIpc) is 3.33. The maximum absolute atomic E-state index is 4.09. The summed E-state index contributed by atoms with van der Waals surface area (Å²) in [6, 6.07) is 51.0. The number of rotatable bonds is 3. The molecule has 0 radical (unpaired) electrons. The molecule has 3 atom stereocenters. The molecule has 3 unspecified atom stereocenters. The molecule has 0 aromatic heterocycles. The van der Waals surface area contributed by atoms with Gasteiger partial charge < -0.3 is 0 Å². The van der Waals surface area contributed by atoms with Crippen molar-refractivity contribution in [1.82, 2.24) is 16.0 Å². The van der Waals surface area contributed by atoms with Crippen LogP contribution in [0.2, 0.25) is 0 Å². The van der Waals surface area contributed by atoms with Crippen molar-refractivity contribution in [3.63, 3.8) is 0 Å². The molecule has 2 aliphatic rings. The normalized spacial score (nSPS) is 20.4. The molecular weight excluding hydrogens is 546 g/mol. The second-order valence-corrected chi connectivity index (χ2v) is 13.0. The highest BCUT2D eigenvalue weighted by Crippen LogP contribution is 2.51. The van der Waals surface area contributed by atoms with E-state index in [1.165, 1.54) is 71.3 Å². The van der Waals surface area contributed by atoms with Crippen LogP contribution in [0.4, 0.5) is 0 Å². The molecule has 1 aliphatic heterocycles. The molecule has 3 N–H and O–H groups in total. The van der Waals surface area contributed by atoms with Crippen LogP contribution in [0.5, 0.6) is 0 Å². The highest BCUT2D eigenvalue weighted by molar-refractivity contribution is 6.14. The van der Waals surface area contributed by atoms with Gasteiger partial charge in [0.15, 0.2) is 0 Å². The summed E-state index contributed by atoms with van der Waals surface area (Å²) in [6.07, 6.45) is -0.252. The van der Waals surface area contributed by atoms with E-state index in [0.717, 1.165) is 0 Å². The number of hydrogen-bond donors (Lipinski definition) is 3. The van der Waals surface area contributed by atoms with Gasteiger partial charge in [-0.25, -0.2) is 0 Å². The molecule has 0 spiro atoms. The highest BCUT2D eigenvalue weighted by atomic mass is 15.4. The molecule has 0 bridgehead atoms. The van der Waals surface area contributed by atoms with Crippen LogP contribution >= 0.6 is 0 Å². The molecule has 1 saturated heterocycles. The predicted octanol–water partition coefficient (Wildman–Crippen LogP) is 9.63. The zero-order chi connectivity index (χ0) is 30.1. The summed E-state index contributed by atoms with van der Waals surface area (Å²) < 4.78 is 0. The lowest BCUT2D eigenvalue weighted by Gasteiger charge is -2.41. The first kappa shape index (κ1) is 26.6. The Balaban J connectivity index is 1.26. The Morgan fingerprint density at radius 2 is 1.13 bits per heavy atom. The zero-order valence-corrected chi connectivity index (χ0v) is 25.5. The third-order valence-corrected chi connectivity index (χ3v) is 10.2. The van der Waals surface area contributed by atoms with E-state index in [9.17, 15) is 0 Å². The van der Waals surface area contributed by atoms with E-state index < -0.39 is 0 Å². The standard InChI is InChI=1S/C42H35N3/c1-42(2)36-22-11-10-19-31(36)33-20-12-21-34(38(33)42)40-43-39(27-14-4-3-5-15-27)44-41(45-40)37-30-18-9-7-16-28(30)25-35-29-17-8-6-13-26(29)23-24-32(35)37/h3-25,39-41,43-45H,1-2H3. The van der Waals surface area contributed by atoms with Gasteiger partial charge >= 0.3 is 0 Å². The largest absolute Gasteiger partial charge is 0.279 e. The highest BCUT2D eigenvalue weighted by Gasteiger charge is 2.40. The van der Waals surface area contributed by atoms with Crippen molar-refractivity contribution in [2.24, 2.45) is 0 Å². The maximum Gasteiger partial charge on any atom is 0.0876 e. The molecule has 9 rings (SSSR count). The summed E-state index contributed by atoms with van der Waals surface area (Å²) in [7, 11) is 0. The van der Waals surface area contributed by atoms with Gasteiger partial charge in [-0.2, -0.15) is 0 Å². The molecule has 0 saturated carbocycles. The first-order valence-corrected chi connectivity index (χ1v) is 16.0. The molecule has 7 aromatic rings. The van der Waals surface area contributed by atoms with Crippen LogP contribution in [0.1, 0.15) is 60.2 Å². The van der Waals surface area contributed by atoms with Gasteiger partial charge in [-0.3, -0.25) is 16.0 Å². The fourth-order valence-corrected chi connectivity index (χ4v) is 8.12. The Kier molecular flexibility index (Phi) is 5.98. The van der Waals surface area contributed by atoms with Gasteiger partial charge in [0.25, 0.3) is 0 Å². The number of benzene rings is 7. The minimum atomic E-state index is -0.112. The smallest absolute Gasteiger partial charge is 0.0876 e. The third-order valence-electron chi connectivity index (χ3n) is 10.2. The van der Waals surface area contributed by atoms with Crippen LogP contribution < -0.4 is 16.0 Å². The fraction of sp³-hybridized carbons (Fsp3) is 0.143. The molecule has 0 amide bonds. The van der Waals surface area contributed by atoms with Crippen molar-refractivity contribution in [3.05, 3.63) is 167 Å². The topological polar surface area (TPSA) is 36.1 Å². The van der Waals surface area contributed by atoms with Crippen LogP contribution in [0.15, 0.2) is 140 Å². The van der Waals surface area contributed by atoms with Crippen LogP contribution in [0, 0.1) is 0 Å². The van der Waals surface area contributed by atoms with Crippen LogP contribution in [-0.2, 0) is 5.41 Å². The molecule has 1 heterocycles. The molecule has 3 heteroatoms. The van der Waals surface area contributed by atoms with Crippen LogP contribution in [0.3, 0.4) is 0 Å². The fourth-order valence-electron chi connectivity index (χ4n) is 8.12. The van der Waals surface area contributed by atoms with E-state index in [1.54, 1.807) is 0 Å². The summed E-state index contributed by atoms with van der Waals surface area (Å²) in [6.45, 7) is 4.75. The number of nitrogens with one attached hydrogen (secondary N) is 3. The lowest BCUT2D eigenvalue weighted by atomic mass is 9.79. The van der Waals surface area contributed by atoms with Crippen molar-refractivity contribution in [2.75, 3.05) is 0 Å². The quantitative estimate of drug-likeness (QED) is 0.144. The summed E-state index contributed by atoms with van der Waals surface area (Å²) in [4.78, 5) is 0. The molecule has 45 heavy (non-hydrogen) atoms. The van der Waals surface area contributed by atoms with Crippen molar-refractivity contribution < 1.29 is 0 Å². The molecule has 1 aliphatic carbocycles. The van der Waals surface area contributed by atoms with Crippen LogP contribution in [-0.4, -0.2) is 0 Å². The zero-order valence-electron chi connectivity index (χ0n) is 25.5.